The van der Waals surface area contributed by atoms with Gasteiger partial charge in [-0.3, -0.25) is 4.79 Å². The average molecular weight is 365 g/mol. The van der Waals surface area contributed by atoms with Gasteiger partial charge in [0.25, 0.3) is 5.91 Å². The Kier molecular flexibility index (Phi) is 4.71. The molecule has 1 aliphatic heterocycles. The van der Waals surface area contributed by atoms with Crippen molar-refractivity contribution in [2.24, 2.45) is 0 Å². The Balaban J connectivity index is 1.42. The minimum atomic E-state index is -0.482. The Morgan fingerprint density at radius 3 is 2.52 bits per heavy atom. The molecule has 2 aromatic carbocycles. The Bertz CT molecular complexity index is 944. The summed E-state index contributed by atoms with van der Waals surface area (Å²) in [5.41, 5.74) is 2.22. The number of amides is 1. The van der Waals surface area contributed by atoms with Gasteiger partial charge in [0, 0.05) is 24.6 Å². The number of aryl methyl sites for hydroxylation is 1. The maximum Gasteiger partial charge on any atom is 0.256 e. The second-order valence-corrected chi connectivity index (χ2v) is 6.87. The van der Waals surface area contributed by atoms with Gasteiger partial charge in [-0.25, -0.2) is 4.39 Å². The van der Waals surface area contributed by atoms with Crippen LogP contribution in [0, 0.1) is 12.7 Å². The van der Waals surface area contributed by atoms with E-state index in [4.69, 9.17) is 4.52 Å². The summed E-state index contributed by atoms with van der Waals surface area (Å²) in [5.74, 6) is 0.543. The minimum Gasteiger partial charge on any atom is -0.339 e. The monoisotopic (exact) mass is 365 g/mol. The number of hydrogen-bond donors (Lipinski definition) is 0. The quantitative estimate of drug-likeness (QED) is 0.698. The Morgan fingerprint density at radius 2 is 1.81 bits per heavy atom. The first-order chi connectivity index (χ1) is 13.1. The fourth-order valence-electron chi connectivity index (χ4n) is 3.36. The lowest BCUT2D eigenvalue weighted by Gasteiger charge is -2.30. The van der Waals surface area contributed by atoms with E-state index in [2.05, 4.69) is 10.1 Å². The highest BCUT2D eigenvalue weighted by molar-refractivity contribution is 5.94. The van der Waals surface area contributed by atoms with Crippen LogP contribution in [0.2, 0.25) is 0 Å². The van der Waals surface area contributed by atoms with Crippen LogP contribution in [0.15, 0.2) is 53.1 Å². The first-order valence-electron chi connectivity index (χ1n) is 9.06. The largest absolute Gasteiger partial charge is 0.339 e. The average Bonchev–Trinajstić information content (AvgIpc) is 3.19. The summed E-state index contributed by atoms with van der Waals surface area (Å²) in [5, 5.41) is 4.09. The third-order valence-electron chi connectivity index (χ3n) is 4.99. The van der Waals surface area contributed by atoms with Crippen molar-refractivity contribution in [3.63, 3.8) is 0 Å². The van der Waals surface area contributed by atoms with Crippen LogP contribution < -0.4 is 0 Å². The molecule has 138 valence electrons. The van der Waals surface area contributed by atoms with Gasteiger partial charge in [-0.2, -0.15) is 4.98 Å². The molecule has 0 spiro atoms. The molecule has 4 rings (SSSR count). The molecule has 1 amide bonds. The van der Waals surface area contributed by atoms with E-state index in [0.717, 1.165) is 18.4 Å². The number of piperidine rings is 1. The molecule has 5 nitrogen and oxygen atoms in total. The van der Waals surface area contributed by atoms with E-state index < -0.39 is 5.82 Å². The fraction of sp³-hybridized carbons (Fsp3) is 0.286. The maximum absolute atomic E-state index is 13.8. The molecule has 1 saturated heterocycles. The van der Waals surface area contributed by atoms with E-state index in [1.807, 2.05) is 31.2 Å². The highest BCUT2D eigenvalue weighted by Crippen LogP contribution is 2.29. The van der Waals surface area contributed by atoms with Gasteiger partial charge in [-0.1, -0.05) is 47.1 Å². The smallest absolute Gasteiger partial charge is 0.256 e. The molecule has 1 aliphatic rings. The van der Waals surface area contributed by atoms with E-state index in [-0.39, 0.29) is 17.4 Å². The number of halogens is 1. The molecule has 3 aromatic rings. The van der Waals surface area contributed by atoms with Gasteiger partial charge in [0.2, 0.25) is 11.7 Å². The number of nitrogens with zero attached hydrogens (tertiary/aromatic N) is 3. The van der Waals surface area contributed by atoms with Crippen molar-refractivity contribution < 1.29 is 13.7 Å². The highest BCUT2D eigenvalue weighted by Gasteiger charge is 2.29. The van der Waals surface area contributed by atoms with Gasteiger partial charge < -0.3 is 9.42 Å². The summed E-state index contributed by atoms with van der Waals surface area (Å²) in [7, 11) is 0. The molecule has 27 heavy (non-hydrogen) atoms. The van der Waals surface area contributed by atoms with Crippen molar-refractivity contribution in [2.75, 3.05) is 13.1 Å². The molecule has 0 bridgehead atoms. The molecule has 0 unspecified atom stereocenters. The first kappa shape index (κ1) is 17.4. The summed E-state index contributed by atoms with van der Waals surface area (Å²) >= 11 is 0. The lowest BCUT2D eigenvalue weighted by Crippen LogP contribution is -2.38. The second kappa shape index (κ2) is 7.31. The molecule has 2 heterocycles. The van der Waals surface area contributed by atoms with Crippen molar-refractivity contribution in [1.82, 2.24) is 15.0 Å². The second-order valence-electron chi connectivity index (χ2n) is 6.87. The van der Waals surface area contributed by atoms with Crippen LogP contribution in [0.3, 0.4) is 0 Å². The van der Waals surface area contributed by atoms with Crippen LogP contribution in [0.4, 0.5) is 4.39 Å². The molecule has 0 aliphatic carbocycles. The van der Waals surface area contributed by atoms with Gasteiger partial charge in [0.15, 0.2) is 0 Å². The molecule has 0 radical (unpaired) electrons. The number of likely N-dealkylation sites (tertiary alicyclic amines) is 1. The van der Waals surface area contributed by atoms with Crippen molar-refractivity contribution >= 4 is 5.91 Å². The molecule has 6 heteroatoms. The minimum absolute atomic E-state index is 0.112. The normalized spacial score (nSPS) is 15.1. The van der Waals surface area contributed by atoms with Gasteiger partial charge in [-0.15, -0.1) is 0 Å². The van der Waals surface area contributed by atoms with Crippen LogP contribution in [-0.4, -0.2) is 34.0 Å². The SMILES string of the molecule is Cc1ccc(-c2noc(C3CCN(C(=O)c4ccccc4F)CC3)n2)cc1. The van der Waals surface area contributed by atoms with E-state index in [9.17, 15) is 9.18 Å². The van der Waals surface area contributed by atoms with Crippen LogP contribution >= 0.6 is 0 Å². The maximum atomic E-state index is 13.8. The third kappa shape index (κ3) is 3.60. The topological polar surface area (TPSA) is 59.2 Å². The van der Waals surface area contributed by atoms with Crippen LogP contribution in [-0.2, 0) is 0 Å². The van der Waals surface area contributed by atoms with Crippen molar-refractivity contribution in [3.05, 3.63) is 71.4 Å². The summed E-state index contributed by atoms with van der Waals surface area (Å²) < 4.78 is 19.3. The van der Waals surface area contributed by atoms with Crippen LogP contribution in [0.25, 0.3) is 11.4 Å². The highest BCUT2D eigenvalue weighted by atomic mass is 19.1. The summed E-state index contributed by atoms with van der Waals surface area (Å²) in [4.78, 5) is 18.7. The van der Waals surface area contributed by atoms with Crippen molar-refractivity contribution in [3.8, 4) is 11.4 Å². The van der Waals surface area contributed by atoms with E-state index in [1.165, 1.54) is 17.7 Å². The lowest BCUT2D eigenvalue weighted by molar-refractivity contribution is 0.0700. The molecule has 1 aromatic heterocycles. The molecule has 1 fully saturated rings. The Hall–Kier alpha value is -3.02. The molecule has 0 saturated carbocycles. The zero-order valence-corrected chi connectivity index (χ0v) is 15.1. The summed E-state index contributed by atoms with van der Waals surface area (Å²) in [6.07, 6.45) is 1.44. The fourth-order valence-corrected chi connectivity index (χ4v) is 3.36. The third-order valence-corrected chi connectivity index (χ3v) is 4.99. The predicted molar refractivity (Wildman–Crippen MR) is 98.7 cm³/mol. The standard InChI is InChI=1S/C21H20FN3O2/c1-14-6-8-15(9-7-14)19-23-20(27-24-19)16-10-12-25(13-11-16)21(26)17-4-2-3-5-18(17)22/h2-9,16H,10-13H2,1H3. The number of aromatic nitrogens is 2. The van der Waals surface area contributed by atoms with Crippen LogP contribution in [0.1, 0.15) is 40.6 Å². The van der Waals surface area contributed by atoms with E-state index in [1.54, 1.807) is 17.0 Å². The number of benzene rings is 2. The van der Waals surface area contributed by atoms with Gasteiger partial charge in [0.1, 0.15) is 5.82 Å². The molecular weight excluding hydrogens is 345 g/mol. The number of carbonyl (C=O) groups is 1. The lowest BCUT2D eigenvalue weighted by atomic mass is 9.96. The summed E-state index contributed by atoms with van der Waals surface area (Å²) in [6.45, 7) is 3.11. The van der Waals surface area contributed by atoms with Gasteiger partial charge in [-0.05, 0) is 31.9 Å². The molecule has 0 atom stereocenters. The number of rotatable bonds is 3. The number of hydrogen-bond acceptors (Lipinski definition) is 4. The van der Waals surface area contributed by atoms with E-state index in [0.29, 0.717) is 24.8 Å². The van der Waals surface area contributed by atoms with Crippen LogP contribution in [0.5, 0.6) is 0 Å². The predicted octanol–water partition coefficient (Wildman–Crippen LogP) is 4.20. The van der Waals surface area contributed by atoms with Gasteiger partial charge in [0.05, 0.1) is 5.56 Å². The zero-order valence-electron chi connectivity index (χ0n) is 15.1. The summed E-state index contributed by atoms with van der Waals surface area (Å²) in [6, 6.07) is 14.1. The number of carbonyl (C=O) groups excluding carboxylic acids is 1. The zero-order chi connectivity index (χ0) is 18.8. The van der Waals surface area contributed by atoms with E-state index >= 15 is 0 Å². The van der Waals surface area contributed by atoms with Crippen molar-refractivity contribution in [2.45, 2.75) is 25.7 Å². The van der Waals surface area contributed by atoms with Gasteiger partial charge >= 0.3 is 0 Å². The first-order valence-corrected chi connectivity index (χ1v) is 9.06. The molecule has 0 N–H and O–H groups in total. The Labute approximate surface area is 156 Å². The molecular formula is C21H20FN3O2. The Morgan fingerprint density at radius 1 is 1.11 bits per heavy atom. The van der Waals surface area contributed by atoms with Crippen molar-refractivity contribution in [1.29, 1.82) is 0 Å².